The van der Waals surface area contributed by atoms with Crippen LogP contribution in [0, 0.1) is 5.41 Å². The molecule has 4 nitrogen and oxygen atoms in total. The van der Waals surface area contributed by atoms with Crippen molar-refractivity contribution in [2.24, 2.45) is 5.41 Å². The zero-order chi connectivity index (χ0) is 15.7. The number of halogens is 1. The van der Waals surface area contributed by atoms with Crippen LogP contribution in [0.15, 0.2) is 14.7 Å². The maximum Gasteiger partial charge on any atom is 0.245 e. The molecule has 21 heavy (non-hydrogen) atoms. The first-order chi connectivity index (χ1) is 9.76. The van der Waals surface area contributed by atoms with Gasteiger partial charge < -0.3 is 5.32 Å². The molecule has 1 aliphatic heterocycles. The summed E-state index contributed by atoms with van der Waals surface area (Å²) in [5.41, 5.74) is 0.0560. The fraction of sp³-hybridized carbons (Fsp3) is 0.714. The first-order valence-corrected chi connectivity index (χ1v) is 10.3. The van der Waals surface area contributed by atoms with E-state index in [4.69, 9.17) is 0 Å². The SMILES string of the molecule is CCNCc1cc(S(=O)(=O)N2CCCC(C)(C)C2)c(Br)s1. The second-order valence-corrected chi connectivity index (χ2v) is 10.6. The number of rotatable bonds is 5. The van der Waals surface area contributed by atoms with Crippen molar-refractivity contribution in [2.75, 3.05) is 19.6 Å². The molecule has 0 radical (unpaired) electrons. The molecular weight excluding hydrogens is 372 g/mol. The average Bonchev–Trinajstić information content (AvgIpc) is 2.77. The third-order valence-corrected chi connectivity index (χ3v) is 7.84. The van der Waals surface area contributed by atoms with Crippen LogP contribution >= 0.6 is 27.3 Å². The third kappa shape index (κ3) is 4.07. The number of hydrogen-bond acceptors (Lipinski definition) is 4. The van der Waals surface area contributed by atoms with E-state index in [0.29, 0.717) is 28.3 Å². The Morgan fingerprint density at radius 1 is 1.48 bits per heavy atom. The van der Waals surface area contributed by atoms with Crippen LogP contribution in [0.4, 0.5) is 0 Å². The van der Waals surface area contributed by atoms with Crippen molar-refractivity contribution in [1.82, 2.24) is 9.62 Å². The highest BCUT2D eigenvalue weighted by atomic mass is 79.9. The molecule has 1 aromatic heterocycles. The van der Waals surface area contributed by atoms with Crippen LogP contribution < -0.4 is 5.32 Å². The maximum absolute atomic E-state index is 12.9. The van der Waals surface area contributed by atoms with Gasteiger partial charge >= 0.3 is 0 Å². The van der Waals surface area contributed by atoms with E-state index in [9.17, 15) is 8.42 Å². The second kappa shape index (κ2) is 6.66. The van der Waals surface area contributed by atoms with Crippen LogP contribution in [0.5, 0.6) is 0 Å². The van der Waals surface area contributed by atoms with Crippen LogP contribution in [0.3, 0.4) is 0 Å². The van der Waals surface area contributed by atoms with E-state index in [1.54, 1.807) is 10.4 Å². The number of sulfonamides is 1. The van der Waals surface area contributed by atoms with E-state index in [1.807, 2.05) is 6.92 Å². The standard InChI is InChI=1S/C14H23BrN2O2S2/c1-4-16-9-11-8-12(13(15)20-11)21(18,19)17-7-5-6-14(2,3)10-17/h8,16H,4-7,9-10H2,1-3H3. The Labute approximate surface area is 140 Å². The van der Waals surface area contributed by atoms with Gasteiger partial charge in [0.2, 0.25) is 10.0 Å². The summed E-state index contributed by atoms with van der Waals surface area (Å²) >= 11 is 4.92. The molecule has 0 aromatic carbocycles. The summed E-state index contributed by atoms with van der Waals surface area (Å²) in [6, 6.07) is 1.80. The highest BCUT2D eigenvalue weighted by Gasteiger charge is 2.35. The minimum absolute atomic E-state index is 0.0560. The van der Waals surface area contributed by atoms with Gasteiger partial charge in [-0.1, -0.05) is 20.8 Å². The normalized spacial score (nSPS) is 19.8. The summed E-state index contributed by atoms with van der Waals surface area (Å²) in [6.07, 6.45) is 2.01. The monoisotopic (exact) mass is 394 g/mol. The quantitative estimate of drug-likeness (QED) is 0.831. The molecule has 1 fully saturated rings. The molecular formula is C14H23BrN2O2S2. The number of hydrogen-bond donors (Lipinski definition) is 1. The van der Waals surface area contributed by atoms with Gasteiger partial charge in [-0.15, -0.1) is 11.3 Å². The Balaban J connectivity index is 2.25. The molecule has 0 saturated carbocycles. The lowest BCUT2D eigenvalue weighted by molar-refractivity contribution is 0.187. The number of nitrogens with zero attached hydrogens (tertiary/aromatic N) is 1. The lowest BCUT2D eigenvalue weighted by atomic mass is 9.85. The molecule has 0 unspecified atom stereocenters. The number of thiophene rings is 1. The Morgan fingerprint density at radius 2 is 2.19 bits per heavy atom. The molecule has 0 aliphatic carbocycles. The summed E-state index contributed by atoms with van der Waals surface area (Å²) in [5, 5.41) is 3.23. The molecule has 7 heteroatoms. The molecule has 0 spiro atoms. The van der Waals surface area contributed by atoms with Gasteiger partial charge in [0, 0.05) is 24.5 Å². The summed E-state index contributed by atoms with van der Waals surface area (Å²) in [6.45, 7) is 9.10. The molecule has 120 valence electrons. The Kier molecular flexibility index (Phi) is 5.52. The van der Waals surface area contributed by atoms with E-state index in [1.165, 1.54) is 11.3 Å². The first-order valence-electron chi connectivity index (χ1n) is 7.25. The van der Waals surface area contributed by atoms with Gasteiger partial charge in [0.15, 0.2) is 0 Å². The summed E-state index contributed by atoms with van der Waals surface area (Å²) in [4.78, 5) is 1.46. The molecule has 2 rings (SSSR count). The fourth-order valence-corrected chi connectivity index (χ4v) is 6.89. The van der Waals surface area contributed by atoms with Crippen molar-refractivity contribution in [2.45, 2.75) is 45.1 Å². The predicted octanol–water partition coefficient (Wildman–Crippen LogP) is 3.43. The molecule has 1 N–H and O–H groups in total. The molecule has 0 bridgehead atoms. The Bertz CT molecular complexity index is 596. The van der Waals surface area contributed by atoms with Gasteiger partial charge in [0.05, 0.1) is 3.79 Å². The van der Waals surface area contributed by atoms with E-state index >= 15 is 0 Å². The van der Waals surface area contributed by atoms with Crippen molar-refractivity contribution < 1.29 is 8.42 Å². The second-order valence-electron chi connectivity index (χ2n) is 6.24. The summed E-state index contributed by atoms with van der Waals surface area (Å²) in [7, 11) is -3.40. The Hall–Kier alpha value is 0.0500. The van der Waals surface area contributed by atoms with Gasteiger partial charge in [-0.25, -0.2) is 8.42 Å². The van der Waals surface area contributed by atoms with Gasteiger partial charge in [0.1, 0.15) is 4.90 Å². The van der Waals surface area contributed by atoms with Gasteiger partial charge in [0.25, 0.3) is 0 Å². The highest BCUT2D eigenvalue weighted by Crippen LogP contribution is 2.37. The summed E-state index contributed by atoms with van der Waals surface area (Å²) in [5.74, 6) is 0. The zero-order valence-electron chi connectivity index (χ0n) is 12.8. The first kappa shape index (κ1) is 17.4. The fourth-order valence-electron chi connectivity index (χ4n) is 2.62. The average molecular weight is 395 g/mol. The van der Waals surface area contributed by atoms with Gasteiger partial charge in [-0.05, 0) is 46.8 Å². The van der Waals surface area contributed by atoms with E-state index in [0.717, 1.165) is 24.3 Å². The predicted molar refractivity (Wildman–Crippen MR) is 91.2 cm³/mol. The third-order valence-electron chi connectivity index (χ3n) is 3.74. The minimum Gasteiger partial charge on any atom is -0.312 e. The largest absolute Gasteiger partial charge is 0.312 e. The molecule has 2 heterocycles. The van der Waals surface area contributed by atoms with Crippen molar-refractivity contribution in [1.29, 1.82) is 0 Å². The highest BCUT2D eigenvalue weighted by molar-refractivity contribution is 9.11. The zero-order valence-corrected chi connectivity index (χ0v) is 16.0. The van der Waals surface area contributed by atoms with E-state index < -0.39 is 10.0 Å². The van der Waals surface area contributed by atoms with E-state index in [2.05, 4.69) is 35.1 Å². The van der Waals surface area contributed by atoms with Gasteiger partial charge in [-0.2, -0.15) is 4.31 Å². The van der Waals surface area contributed by atoms with Crippen LogP contribution in [0.2, 0.25) is 0 Å². The molecule has 1 aromatic rings. The molecule has 0 amide bonds. The molecule has 1 aliphatic rings. The lowest BCUT2D eigenvalue weighted by Crippen LogP contribution is -2.43. The van der Waals surface area contributed by atoms with Crippen molar-refractivity contribution in [3.63, 3.8) is 0 Å². The van der Waals surface area contributed by atoms with Crippen molar-refractivity contribution in [3.8, 4) is 0 Å². The molecule has 1 saturated heterocycles. The van der Waals surface area contributed by atoms with Crippen LogP contribution in [0.1, 0.15) is 38.5 Å². The van der Waals surface area contributed by atoms with Crippen molar-refractivity contribution >= 4 is 37.3 Å². The maximum atomic E-state index is 12.9. The van der Waals surface area contributed by atoms with Crippen LogP contribution in [-0.2, 0) is 16.6 Å². The van der Waals surface area contributed by atoms with Crippen molar-refractivity contribution in [3.05, 3.63) is 14.7 Å². The molecule has 0 atom stereocenters. The minimum atomic E-state index is -3.40. The van der Waals surface area contributed by atoms with Crippen LogP contribution in [0.25, 0.3) is 0 Å². The number of piperidine rings is 1. The van der Waals surface area contributed by atoms with E-state index in [-0.39, 0.29) is 5.41 Å². The lowest BCUT2D eigenvalue weighted by Gasteiger charge is -2.37. The summed E-state index contributed by atoms with van der Waals surface area (Å²) < 4.78 is 28.1. The smallest absolute Gasteiger partial charge is 0.245 e. The van der Waals surface area contributed by atoms with Gasteiger partial charge in [-0.3, -0.25) is 0 Å². The number of nitrogens with one attached hydrogen (secondary N) is 1. The van der Waals surface area contributed by atoms with Crippen LogP contribution in [-0.4, -0.2) is 32.4 Å². The topological polar surface area (TPSA) is 49.4 Å². The Morgan fingerprint density at radius 3 is 2.81 bits per heavy atom.